The van der Waals surface area contributed by atoms with Gasteiger partial charge >= 0.3 is 5.97 Å². The lowest BCUT2D eigenvalue weighted by Crippen LogP contribution is -2.59. The van der Waals surface area contributed by atoms with Crippen molar-refractivity contribution >= 4 is 11.9 Å². The number of ether oxygens (including phenoxy) is 2. The fourth-order valence-corrected chi connectivity index (χ4v) is 5.31. The number of piperidine rings is 1. The van der Waals surface area contributed by atoms with Crippen LogP contribution >= 0.6 is 0 Å². The van der Waals surface area contributed by atoms with Crippen LogP contribution in [-0.2, 0) is 14.3 Å². The number of hydrogen-bond acceptors (Lipinski definition) is 7. The Balaban J connectivity index is 1.52. The molecule has 1 aromatic rings. The van der Waals surface area contributed by atoms with E-state index in [1.807, 2.05) is 6.92 Å². The van der Waals surface area contributed by atoms with E-state index in [1.54, 1.807) is 17.9 Å². The van der Waals surface area contributed by atoms with Crippen molar-refractivity contribution in [1.82, 2.24) is 15.0 Å². The first-order chi connectivity index (χ1) is 14.0. The summed E-state index contributed by atoms with van der Waals surface area (Å²) in [4.78, 5) is 30.3. The molecule has 1 aliphatic carbocycles. The highest BCUT2D eigenvalue weighted by Crippen LogP contribution is 2.48. The standard InChI is InChI=1S/C21H31N3O5/c1-3-28-20(26)21-6-4-17(23-8-10-27-11-9-23)13-16(21)5-7-24(14-21)19(25)18-12-15(2)22-29-18/h12,16-17H,3-11,13-14H2,1-2H3/t16-,17-,21-/m1/s1. The molecule has 3 heterocycles. The summed E-state index contributed by atoms with van der Waals surface area (Å²) >= 11 is 0. The Morgan fingerprint density at radius 3 is 2.76 bits per heavy atom. The third-order valence-corrected chi connectivity index (χ3v) is 6.85. The molecule has 1 saturated carbocycles. The first-order valence-electron chi connectivity index (χ1n) is 10.7. The average molecular weight is 405 g/mol. The zero-order valence-electron chi connectivity index (χ0n) is 17.4. The molecular formula is C21H31N3O5. The summed E-state index contributed by atoms with van der Waals surface area (Å²) in [5, 5.41) is 3.83. The SMILES string of the molecule is CCOC(=O)[C@@]12CC[C@@H](N3CCOCC3)C[C@H]1CCN(C(=O)c1cc(C)no1)C2. The van der Waals surface area contributed by atoms with Gasteiger partial charge in [0.05, 0.1) is 30.9 Å². The number of carbonyl (C=O) groups excluding carboxylic acids is 2. The molecule has 0 aromatic carbocycles. The summed E-state index contributed by atoms with van der Waals surface area (Å²) in [5.74, 6) is 0.116. The molecule has 3 fully saturated rings. The van der Waals surface area contributed by atoms with Crippen LogP contribution in [0.25, 0.3) is 0 Å². The van der Waals surface area contributed by atoms with Gasteiger partial charge in [0.2, 0.25) is 5.76 Å². The molecule has 0 radical (unpaired) electrons. The van der Waals surface area contributed by atoms with E-state index in [-0.39, 0.29) is 23.6 Å². The normalized spacial score (nSPS) is 30.6. The fourth-order valence-electron chi connectivity index (χ4n) is 5.31. The Morgan fingerprint density at radius 1 is 1.28 bits per heavy atom. The smallest absolute Gasteiger partial charge is 0.314 e. The van der Waals surface area contributed by atoms with Gasteiger partial charge < -0.3 is 18.9 Å². The average Bonchev–Trinajstić information content (AvgIpc) is 3.19. The Morgan fingerprint density at radius 2 is 2.07 bits per heavy atom. The number of esters is 1. The quantitative estimate of drug-likeness (QED) is 0.707. The molecule has 2 saturated heterocycles. The molecule has 3 atom stereocenters. The van der Waals surface area contributed by atoms with E-state index in [0.717, 1.165) is 52.0 Å². The van der Waals surface area contributed by atoms with E-state index in [9.17, 15) is 9.59 Å². The molecule has 0 spiro atoms. The number of fused-ring (bicyclic) bond motifs is 1. The monoisotopic (exact) mass is 405 g/mol. The van der Waals surface area contributed by atoms with Gasteiger partial charge in [-0.1, -0.05) is 5.16 Å². The van der Waals surface area contributed by atoms with Crippen molar-refractivity contribution in [2.24, 2.45) is 11.3 Å². The predicted molar refractivity (Wildman–Crippen MR) is 104 cm³/mol. The maximum absolute atomic E-state index is 13.1. The third-order valence-electron chi connectivity index (χ3n) is 6.85. The van der Waals surface area contributed by atoms with Crippen LogP contribution < -0.4 is 0 Å². The summed E-state index contributed by atoms with van der Waals surface area (Å²) in [6.45, 7) is 8.48. The summed E-state index contributed by atoms with van der Waals surface area (Å²) < 4.78 is 16.2. The number of rotatable bonds is 4. The van der Waals surface area contributed by atoms with Crippen molar-refractivity contribution in [1.29, 1.82) is 0 Å². The van der Waals surface area contributed by atoms with E-state index in [1.165, 1.54) is 0 Å². The molecule has 0 bridgehead atoms. The Bertz CT molecular complexity index is 744. The molecule has 3 aliphatic rings. The largest absolute Gasteiger partial charge is 0.466 e. The minimum absolute atomic E-state index is 0.156. The van der Waals surface area contributed by atoms with Crippen molar-refractivity contribution in [3.8, 4) is 0 Å². The van der Waals surface area contributed by atoms with E-state index in [0.29, 0.717) is 31.4 Å². The van der Waals surface area contributed by atoms with Crippen molar-refractivity contribution < 1.29 is 23.6 Å². The Kier molecular flexibility index (Phi) is 5.92. The topological polar surface area (TPSA) is 85.1 Å². The molecule has 8 heteroatoms. The Labute approximate surface area is 171 Å². The minimum Gasteiger partial charge on any atom is -0.466 e. The zero-order chi connectivity index (χ0) is 20.4. The maximum atomic E-state index is 13.1. The lowest BCUT2D eigenvalue weighted by molar-refractivity contribution is -0.168. The lowest BCUT2D eigenvalue weighted by atomic mass is 9.61. The van der Waals surface area contributed by atoms with Gasteiger partial charge in [-0.05, 0) is 45.4 Å². The van der Waals surface area contributed by atoms with Crippen LogP contribution in [0.15, 0.2) is 10.6 Å². The van der Waals surface area contributed by atoms with Gasteiger partial charge in [0.1, 0.15) is 0 Å². The maximum Gasteiger partial charge on any atom is 0.314 e. The first-order valence-corrected chi connectivity index (χ1v) is 10.7. The molecule has 0 N–H and O–H groups in total. The zero-order valence-corrected chi connectivity index (χ0v) is 17.4. The molecule has 1 amide bonds. The van der Waals surface area contributed by atoms with Gasteiger partial charge in [-0.15, -0.1) is 0 Å². The van der Waals surface area contributed by atoms with E-state index in [2.05, 4.69) is 10.1 Å². The summed E-state index contributed by atoms with van der Waals surface area (Å²) in [7, 11) is 0. The molecule has 1 aromatic heterocycles. The van der Waals surface area contributed by atoms with Crippen LogP contribution in [0.5, 0.6) is 0 Å². The first kappa shape index (κ1) is 20.3. The predicted octanol–water partition coefficient (Wildman–Crippen LogP) is 1.88. The number of amides is 1. The number of likely N-dealkylation sites (tertiary alicyclic amines) is 1. The lowest BCUT2D eigenvalue weighted by Gasteiger charge is -2.52. The van der Waals surface area contributed by atoms with E-state index < -0.39 is 5.41 Å². The van der Waals surface area contributed by atoms with Gasteiger partial charge in [0, 0.05) is 38.3 Å². The second-order valence-electron chi connectivity index (χ2n) is 8.50. The van der Waals surface area contributed by atoms with Crippen LogP contribution in [0.1, 0.15) is 48.9 Å². The highest BCUT2D eigenvalue weighted by molar-refractivity contribution is 5.92. The van der Waals surface area contributed by atoms with E-state index >= 15 is 0 Å². The number of nitrogens with zero attached hydrogens (tertiary/aromatic N) is 3. The second-order valence-corrected chi connectivity index (χ2v) is 8.50. The molecular weight excluding hydrogens is 374 g/mol. The van der Waals surface area contributed by atoms with Gasteiger partial charge in [-0.25, -0.2) is 0 Å². The summed E-state index contributed by atoms with van der Waals surface area (Å²) in [5.41, 5.74) is 0.0521. The van der Waals surface area contributed by atoms with Crippen LogP contribution in [0, 0.1) is 18.3 Å². The fraction of sp³-hybridized carbons (Fsp3) is 0.762. The van der Waals surface area contributed by atoms with Crippen molar-refractivity contribution in [3.63, 3.8) is 0 Å². The number of hydrogen-bond donors (Lipinski definition) is 0. The summed E-state index contributed by atoms with van der Waals surface area (Å²) in [6.07, 6.45) is 3.47. The number of carbonyl (C=O) groups is 2. The molecule has 8 nitrogen and oxygen atoms in total. The van der Waals surface area contributed by atoms with Crippen molar-refractivity contribution in [2.75, 3.05) is 46.0 Å². The number of aromatic nitrogens is 1. The van der Waals surface area contributed by atoms with Crippen molar-refractivity contribution in [3.05, 3.63) is 17.5 Å². The molecule has 160 valence electrons. The number of aryl methyl sites for hydroxylation is 1. The van der Waals surface area contributed by atoms with Gasteiger partial charge in [0.25, 0.3) is 5.91 Å². The molecule has 29 heavy (non-hydrogen) atoms. The minimum atomic E-state index is -0.623. The Hall–Kier alpha value is -1.93. The highest BCUT2D eigenvalue weighted by Gasteiger charge is 2.54. The van der Waals surface area contributed by atoms with Gasteiger partial charge in [-0.2, -0.15) is 0 Å². The number of morpholine rings is 1. The molecule has 0 unspecified atom stereocenters. The second kappa shape index (κ2) is 8.44. The van der Waals surface area contributed by atoms with Gasteiger partial charge in [0.15, 0.2) is 0 Å². The van der Waals surface area contributed by atoms with Crippen LogP contribution in [0.2, 0.25) is 0 Å². The van der Waals surface area contributed by atoms with Crippen LogP contribution in [0.3, 0.4) is 0 Å². The van der Waals surface area contributed by atoms with E-state index in [4.69, 9.17) is 14.0 Å². The highest BCUT2D eigenvalue weighted by atomic mass is 16.5. The molecule has 2 aliphatic heterocycles. The third kappa shape index (κ3) is 3.92. The van der Waals surface area contributed by atoms with Crippen molar-refractivity contribution in [2.45, 2.75) is 45.6 Å². The summed E-state index contributed by atoms with van der Waals surface area (Å²) in [6, 6.07) is 2.13. The van der Waals surface area contributed by atoms with Crippen LogP contribution in [-0.4, -0.2) is 78.9 Å². The van der Waals surface area contributed by atoms with Crippen LogP contribution in [0.4, 0.5) is 0 Å². The van der Waals surface area contributed by atoms with Gasteiger partial charge in [-0.3, -0.25) is 14.5 Å². The molecule has 4 rings (SSSR count).